The van der Waals surface area contributed by atoms with Crippen LogP contribution in [0.15, 0.2) is 72.8 Å². The van der Waals surface area contributed by atoms with E-state index in [1.165, 1.54) is 23.3 Å². The molecule has 4 amide bonds. The van der Waals surface area contributed by atoms with Gasteiger partial charge in [-0.3, -0.25) is 28.9 Å². The van der Waals surface area contributed by atoms with Gasteiger partial charge in [0, 0.05) is 61.3 Å². The average Bonchev–Trinajstić information content (AvgIpc) is 4.04. The second-order valence-corrected chi connectivity index (χ2v) is 17.5. The number of carboxylic acid groups (broad SMARTS) is 2. The molecule has 320 valence electrons. The lowest BCUT2D eigenvalue weighted by Crippen LogP contribution is -2.49. The summed E-state index contributed by atoms with van der Waals surface area (Å²) in [6.45, 7) is 1.75. The molecule has 0 bridgehead atoms. The molecule has 7 rings (SSSR count). The molecule has 0 unspecified atom stereocenters. The van der Waals surface area contributed by atoms with Crippen molar-refractivity contribution in [3.63, 3.8) is 0 Å². The minimum Gasteiger partial charge on any atom is -0.481 e. The Hall–Kier alpha value is -5.86. The molecule has 1 saturated heterocycles. The molecule has 4 aromatic rings. The first-order valence-electron chi connectivity index (χ1n) is 21.2. The van der Waals surface area contributed by atoms with Crippen LogP contribution in [0.25, 0.3) is 0 Å². The number of likely N-dealkylation sites (N-methyl/N-ethyl adjacent to an activating group) is 1. The number of aliphatic carboxylic acids is 1. The number of hydrogen-bond acceptors (Lipinski definition) is 8. The fraction of sp³-hybridized carbons (Fsp3) is 0.404. The molecule has 1 saturated carbocycles. The fourth-order valence-corrected chi connectivity index (χ4v) is 9.63. The first-order valence-corrected chi connectivity index (χ1v) is 22.0. The molecule has 3 aromatic carbocycles. The van der Waals surface area contributed by atoms with Gasteiger partial charge >= 0.3 is 11.9 Å². The van der Waals surface area contributed by atoms with Crippen LogP contribution in [0, 0.1) is 0 Å². The van der Waals surface area contributed by atoms with Crippen LogP contribution in [0.2, 0.25) is 0 Å². The van der Waals surface area contributed by atoms with Gasteiger partial charge in [-0.1, -0.05) is 36.4 Å². The van der Waals surface area contributed by atoms with Crippen molar-refractivity contribution in [1.29, 1.82) is 0 Å². The fourth-order valence-electron chi connectivity index (χ4n) is 8.35. The number of piperidine rings is 1. The van der Waals surface area contributed by atoms with Crippen molar-refractivity contribution in [2.24, 2.45) is 0 Å². The van der Waals surface area contributed by atoms with E-state index in [9.17, 15) is 28.8 Å². The lowest BCUT2D eigenvalue weighted by atomic mass is 9.95. The molecule has 14 heteroatoms. The summed E-state index contributed by atoms with van der Waals surface area (Å²) in [6, 6.07) is 23.0. The summed E-state index contributed by atoms with van der Waals surface area (Å²) < 4.78 is 0. The van der Waals surface area contributed by atoms with Gasteiger partial charge in [-0.25, -0.2) is 4.79 Å². The lowest BCUT2D eigenvalue weighted by Gasteiger charge is -2.39. The molecule has 2 fully saturated rings. The van der Waals surface area contributed by atoms with Crippen LogP contribution in [0.1, 0.15) is 110 Å². The number of aryl methyl sites for hydroxylation is 3. The number of benzene rings is 3. The molecular weight excluding hydrogens is 795 g/mol. The Morgan fingerprint density at radius 2 is 1.39 bits per heavy atom. The number of aromatic carboxylic acids is 1. The van der Waals surface area contributed by atoms with Crippen molar-refractivity contribution in [3.8, 4) is 0 Å². The van der Waals surface area contributed by atoms with Crippen molar-refractivity contribution in [1.82, 2.24) is 14.7 Å². The molecule has 1 aromatic heterocycles. The summed E-state index contributed by atoms with van der Waals surface area (Å²) in [4.78, 5) is 81.9. The van der Waals surface area contributed by atoms with E-state index in [0.29, 0.717) is 47.5 Å². The molecule has 3 aliphatic rings. The van der Waals surface area contributed by atoms with E-state index in [-0.39, 0.29) is 54.6 Å². The van der Waals surface area contributed by atoms with Crippen LogP contribution in [-0.4, -0.2) is 99.2 Å². The molecule has 2 heterocycles. The van der Waals surface area contributed by atoms with Gasteiger partial charge in [0.25, 0.3) is 11.8 Å². The minimum absolute atomic E-state index is 0.0729. The van der Waals surface area contributed by atoms with Gasteiger partial charge in [-0.05, 0) is 123 Å². The Kier molecular flexibility index (Phi) is 13.9. The molecule has 13 nitrogen and oxygen atoms in total. The minimum atomic E-state index is -1.04. The molecular formula is C47H53N5O8S. The monoisotopic (exact) mass is 847 g/mol. The van der Waals surface area contributed by atoms with E-state index >= 15 is 0 Å². The zero-order valence-electron chi connectivity index (χ0n) is 34.5. The van der Waals surface area contributed by atoms with E-state index < -0.39 is 11.9 Å². The molecule has 4 N–H and O–H groups in total. The number of carboxylic acids is 2. The number of nitrogens with one attached hydrogen (secondary N) is 2. The highest BCUT2D eigenvalue weighted by Crippen LogP contribution is 2.39. The number of nitrogens with zero attached hydrogens (tertiary/aromatic N) is 3. The molecule has 0 atom stereocenters. The van der Waals surface area contributed by atoms with Crippen molar-refractivity contribution < 1.29 is 39.0 Å². The molecule has 2 aliphatic carbocycles. The quantitative estimate of drug-likeness (QED) is 0.0882. The summed E-state index contributed by atoms with van der Waals surface area (Å²) >= 11 is 1.49. The number of amides is 4. The summed E-state index contributed by atoms with van der Waals surface area (Å²) in [5.41, 5.74) is 6.12. The third-order valence-corrected chi connectivity index (χ3v) is 13.2. The van der Waals surface area contributed by atoms with Gasteiger partial charge in [0.2, 0.25) is 11.8 Å². The summed E-state index contributed by atoms with van der Waals surface area (Å²) in [5, 5.41) is 24.8. The Labute approximate surface area is 359 Å². The normalized spacial score (nSPS) is 15.2. The predicted octanol–water partition coefficient (Wildman–Crippen LogP) is 6.89. The number of anilines is 2. The second-order valence-electron chi connectivity index (χ2n) is 16.4. The van der Waals surface area contributed by atoms with Crippen molar-refractivity contribution in [3.05, 3.63) is 117 Å². The van der Waals surface area contributed by atoms with Crippen molar-refractivity contribution >= 4 is 57.6 Å². The Morgan fingerprint density at radius 3 is 2.05 bits per heavy atom. The number of likely N-dealkylation sites (tertiary alicyclic amines) is 1. The summed E-state index contributed by atoms with van der Waals surface area (Å²) in [6.07, 6.45) is 8.59. The smallest absolute Gasteiger partial charge is 0.335 e. The standard InChI is InChI=1S/C47H53N5O8S/c1-50(40(53)21-22-42(55)56)29-41(54)51-25-23-37(24-26-51)52(36-19-20-36)28-32-5-4-6-34(27-32)44(57)49-46-43(38-7-2-3-8-39(38)61-46)45(58)48-35-17-13-31(14-18-35)10-9-30-11-15-33(16-12-30)47(59)60/h4-6,11-18,27,36-37H,2-3,7-10,19-26,28-29H2,1H3,(H,48,58)(H,49,57)(H,55,56)(H,59,60). The molecule has 0 spiro atoms. The SMILES string of the molecule is CN(CC(=O)N1CCC(N(Cc2cccc(C(=O)Nc3sc4c(c3C(=O)Nc3ccc(CCc5ccc(C(=O)O)cc5)cc3)CCCC4)c2)C2CC2)CC1)C(=O)CCC(=O)O. The van der Waals surface area contributed by atoms with Crippen LogP contribution in [0.5, 0.6) is 0 Å². The highest BCUT2D eigenvalue weighted by Gasteiger charge is 2.36. The van der Waals surface area contributed by atoms with Gasteiger partial charge in [-0.15, -0.1) is 11.3 Å². The van der Waals surface area contributed by atoms with Crippen molar-refractivity contribution in [2.45, 2.75) is 95.7 Å². The van der Waals surface area contributed by atoms with Gasteiger partial charge in [0.1, 0.15) is 5.00 Å². The second kappa shape index (κ2) is 19.7. The highest BCUT2D eigenvalue weighted by atomic mass is 32.1. The van der Waals surface area contributed by atoms with Crippen LogP contribution in [0.4, 0.5) is 10.7 Å². The topological polar surface area (TPSA) is 177 Å². The molecule has 0 radical (unpaired) electrons. The lowest BCUT2D eigenvalue weighted by molar-refractivity contribution is -0.142. The van der Waals surface area contributed by atoms with E-state index in [2.05, 4.69) is 15.5 Å². The van der Waals surface area contributed by atoms with E-state index in [1.54, 1.807) is 23.1 Å². The number of carbonyl (C=O) groups is 6. The van der Waals surface area contributed by atoms with Gasteiger partial charge in [-0.2, -0.15) is 0 Å². The maximum atomic E-state index is 14.0. The van der Waals surface area contributed by atoms with E-state index in [0.717, 1.165) is 91.3 Å². The van der Waals surface area contributed by atoms with Gasteiger partial charge in [0.05, 0.1) is 24.1 Å². The van der Waals surface area contributed by atoms with Crippen molar-refractivity contribution in [2.75, 3.05) is 37.3 Å². The number of carbonyl (C=O) groups excluding carboxylic acids is 4. The Balaban J connectivity index is 0.956. The van der Waals surface area contributed by atoms with Crippen LogP contribution < -0.4 is 10.6 Å². The average molecular weight is 848 g/mol. The van der Waals surface area contributed by atoms with Crippen LogP contribution in [0.3, 0.4) is 0 Å². The van der Waals surface area contributed by atoms with E-state index in [4.69, 9.17) is 10.2 Å². The largest absolute Gasteiger partial charge is 0.481 e. The highest BCUT2D eigenvalue weighted by molar-refractivity contribution is 7.17. The van der Waals surface area contributed by atoms with Gasteiger partial charge < -0.3 is 30.6 Å². The first-order chi connectivity index (χ1) is 29.4. The summed E-state index contributed by atoms with van der Waals surface area (Å²) in [7, 11) is 1.53. The third-order valence-electron chi connectivity index (χ3n) is 11.9. The van der Waals surface area contributed by atoms with Crippen LogP contribution in [-0.2, 0) is 46.6 Å². The van der Waals surface area contributed by atoms with E-state index in [1.807, 2.05) is 54.6 Å². The zero-order chi connectivity index (χ0) is 43.0. The Morgan fingerprint density at radius 1 is 0.738 bits per heavy atom. The number of rotatable bonds is 17. The molecule has 61 heavy (non-hydrogen) atoms. The maximum absolute atomic E-state index is 14.0. The zero-order valence-corrected chi connectivity index (χ0v) is 35.3. The third kappa shape index (κ3) is 11.3. The predicted molar refractivity (Wildman–Crippen MR) is 233 cm³/mol. The first kappa shape index (κ1) is 43.2. The Bertz CT molecular complexity index is 2260. The maximum Gasteiger partial charge on any atom is 0.335 e. The van der Waals surface area contributed by atoms with Gasteiger partial charge in [0.15, 0.2) is 0 Å². The number of fused-ring (bicyclic) bond motifs is 1. The summed E-state index contributed by atoms with van der Waals surface area (Å²) in [5.74, 6) is -3.01. The number of thiophene rings is 1. The van der Waals surface area contributed by atoms with Crippen LogP contribution >= 0.6 is 11.3 Å². The number of hydrogen-bond donors (Lipinski definition) is 4. The molecule has 1 aliphatic heterocycles.